The first kappa shape index (κ1) is 12.7. The van der Waals surface area contributed by atoms with E-state index < -0.39 is 0 Å². The molecule has 0 fully saturated rings. The summed E-state index contributed by atoms with van der Waals surface area (Å²) in [6, 6.07) is 5.60. The monoisotopic (exact) mass is 338 g/mol. The van der Waals surface area contributed by atoms with Gasteiger partial charge in [0.1, 0.15) is 12.4 Å². The molecule has 0 radical (unpaired) electrons. The van der Waals surface area contributed by atoms with Crippen LogP contribution in [0.1, 0.15) is 11.3 Å². The summed E-state index contributed by atoms with van der Waals surface area (Å²) in [6.45, 7) is 0.330. The lowest BCUT2D eigenvalue weighted by Gasteiger charge is -2.10. The molecule has 0 aliphatic heterocycles. The number of hydrogen-bond acceptors (Lipinski definition) is 4. The molecule has 1 N–H and O–H groups in total. The number of benzene rings is 1. The first-order valence-corrected chi connectivity index (χ1v) is 7.37. The molecule has 0 spiro atoms. The number of aromatic nitrogens is 2. The smallest absolute Gasteiger partial charge is 0.193 e. The van der Waals surface area contributed by atoms with Crippen LogP contribution < -0.4 is 4.74 Å². The lowest BCUT2D eigenvalue weighted by molar-refractivity contribution is 0.257. The Morgan fingerprint density at radius 2 is 2.32 bits per heavy atom. The second-order valence-corrected chi connectivity index (χ2v) is 5.73. The number of rotatable bonds is 4. The zero-order valence-corrected chi connectivity index (χ0v) is 12.3. The number of aliphatic hydroxyl groups is 1. The molecule has 0 aliphatic rings. The zero-order valence-electron chi connectivity index (χ0n) is 9.91. The highest BCUT2D eigenvalue weighted by atomic mass is 79.9. The fourth-order valence-corrected chi connectivity index (χ4v) is 3.07. The maximum absolute atomic E-state index is 9.30. The van der Waals surface area contributed by atoms with Crippen molar-refractivity contribution in [3.05, 3.63) is 51.7 Å². The van der Waals surface area contributed by atoms with Crippen LogP contribution in [0.15, 0.2) is 40.4 Å². The van der Waals surface area contributed by atoms with Crippen LogP contribution in [0.25, 0.3) is 4.96 Å². The number of nitrogens with zero attached hydrogens (tertiary/aromatic N) is 2. The van der Waals surface area contributed by atoms with Crippen LogP contribution in [0.3, 0.4) is 0 Å². The fraction of sp³-hybridized carbons (Fsp3) is 0.154. The Labute approximate surface area is 122 Å². The number of fused-ring (bicyclic) bond motifs is 1. The van der Waals surface area contributed by atoms with Gasteiger partial charge in [0.2, 0.25) is 0 Å². The van der Waals surface area contributed by atoms with Crippen molar-refractivity contribution in [2.75, 3.05) is 0 Å². The number of hydrogen-bond donors (Lipinski definition) is 1. The van der Waals surface area contributed by atoms with Gasteiger partial charge in [0.05, 0.1) is 16.8 Å². The summed E-state index contributed by atoms with van der Waals surface area (Å²) in [5.41, 5.74) is 1.63. The molecule has 98 valence electrons. The number of aliphatic hydroxyl groups excluding tert-OH is 1. The van der Waals surface area contributed by atoms with Crippen molar-refractivity contribution < 1.29 is 9.84 Å². The molecule has 0 atom stereocenters. The minimum Gasteiger partial charge on any atom is -0.486 e. The van der Waals surface area contributed by atoms with Crippen molar-refractivity contribution in [3.8, 4) is 5.75 Å². The summed E-state index contributed by atoms with van der Waals surface area (Å²) < 4.78 is 8.57. The van der Waals surface area contributed by atoms with E-state index in [9.17, 15) is 5.11 Å². The molecule has 6 heteroatoms. The Balaban J connectivity index is 1.80. The third-order valence-corrected chi connectivity index (χ3v) is 4.12. The Bertz CT molecular complexity index is 679. The molecule has 0 saturated carbocycles. The van der Waals surface area contributed by atoms with Crippen molar-refractivity contribution in [2.45, 2.75) is 13.2 Å². The summed E-state index contributed by atoms with van der Waals surface area (Å²) in [5, 5.41) is 11.3. The summed E-state index contributed by atoms with van der Waals surface area (Å²) in [6.07, 6.45) is 3.91. The number of ether oxygens (including phenoxy) is 1. The first-order chi connectivity index (χ1) is 9.28. The first-order valence-electron chi connectivity index (χ1n) is 5.70. The van der Waals surface area contributed by atoms with Gasteiger partial charge in [-0.3, -0.25) is 4.40 Å². The van der Waals surface area contributed by atoms with E-state index in [0.717, 1.165) is 20.7 Å². The molecule has 19 heavy (non-hydrogen) atoms. The molecule has 2 aromatic heterocycles. The predicted octanol–water partition coefficient (Wildman–Crippen LogP) is 3.23. The summed E-state index contributed by atoms with van der Waals surface area (Å²) in [5.74, 6) is 0.668. The molecule has 3 aromatic rings. The Kier molecular flexibility index (Phi) is 3.54. The van der Waals surface area contributed by atoms with E-state index in [1.165, 1.54) is 0 Å². The molecule has 4 nitrogen and oxygen atoms in total. The maximum Gasteiger partial charge on any atom is 0.193 e. The molecule has 0 aliphatic carbocycles. The van der Waals surface area contributed by atoms with Crippen LogP contribution in [0.5, 0.6) is 5.75 Å². The van der Waals surface area contributed by atoms with Gasteiger partial charge >= 0.3 is 0 Å². The van der Waals surface area contributed by atoms with E-state index in [4.69, 9.17) is 4.74 Å². The van der Waals surface area contributed by atoms with Gasteiger partial charge in [-0.05, 0) is 22.0 Å². The van der Waals surface area contributed by atoms with Gasteiger partial charge in [-0.2, -0.15) is 0 Å². The Hall–Kier alpha value is -1.37. The number of para-hydroxylation sites is 1. The molecular formula is C13H11BrN2O2S. The number of imidazole rings is 1. The third-order valence-electron chi connectivity index (χ3n) is 2.73. The van der Waals surface area contributed by atoms with Crippen LogP contribution in [0.2, 0.25) is 0 Å². The molecule has 0 unspecified atom stereocenters. The third kappa shape index (κ3) is 2.51. The van der Waals surface area contributed by atoms with E-state index in [0.29, 0.717) is 12.4 Å². The van der Waals surface area contributed by atoms with Crippen molar-refractivity contribution in [2.24, 2.45) is 0 Å². The summed E-state index contributed by atoms with van der Waals surface area (Å²) in [7, 11) is 0. The number of halogens is 1. The average molecular weight is 339 g/mol. The summed E-state index contributed by atoms with van der Waals surface area (Å²) >= 11 is 5.02. The predicted molar refractivity (Wildman–Crippen MR) is 77.5 cm³/mol. The maximum atomic E-state index is 9.30. The second-order valence-electron chi connectivity index (χ2n) is 4.00. The van der Waals surface area contributed by atoms with Gasteiger partial charge < -0.3 is 9.84 Å². The number of thiazole rings is 1. The van der Waals surface area contributed by atoms with E-state index in [2.05, 4.69) is 20.9 Å². The largest absolute Gasteiger partial charge is 0.486 e. The SMILES string of the molecule is OCc1cccc(Br)c1OCc1cn2ccsc2n1. The Morgan fingerprint density at radius 3 is 3.11 bits per heavy atom. The highest BCUT2D eigenvalue weighted by Crippen LogP contribution is 2.29. The highest BCUT2D eigenvalue weighted by Gasteiger charge is 2.09. The zero-order chi connectivity index (χ0) is 13.2. The van der Waals surface area contributed by atoms with Crippen molar-refractivity contribution in [1.29, 1.82) is 0 Å². The van der Waals surface area contributed by atoms with E-state index in [1.807, 2.05) is 40.4 Å². The van der Waals surface area contributed by atoms with Gasteiger partial charge in [0, 0.05) is 23.3 Å². The van der Waals surface area contributed by atoms with Gasteiger partial charge in [-0.15, -0.1) is 11.3 Å². The van der Waals surface area contributed by atoms with E-state index >= 15 is 0 Å². The van der Waals surface area contributed by atoms with Crippen LogP contribution >= 0.6 is 27.3 Å². The topological polar surface area (TPSA) is 46.8 Å². The fourth-order valence-electron chi connectivity index (χ4n) is 1.83. The molecule has 0 amide bonds. The van der Waals surface area contributed by atoms with Crippen molar-refractivity contribution in [3.63, 3.8) is 0 Å². The lowest BCUT2D eigenvalue weighted by Crippen LogP contribution is -1.99. The summed E-state index contributed by atoms with van der Waals surface area (Å²) in [4.78, 5) is 5.40. The Morgan fingerprint density at radius 1 is 1.42 bits per heavy atom. The van der Waals surface area contributed by atoms with Gasteiger partial charge in [-0.25, -0.2) is 4.98 Å². The van der Waals surface area contributed by atoms with E-state index in [-0.39, 0.29) is 6.61 Å². The van der Waals surface area contributed by atoms with Crippen LogP contribution in [-0.2, 0) is 13.2 Å². The van der Waals surface area contributed by atoms with Crippen molar-refractivity contribution >= 4 is 32.2 Å². The van der Waals surface area contributed by atoms with Crippen LogP contribution in [-0.4, -0.2) is 14.5 Å². The molecular weight excluding hydrogens is 328 g/mol. The van der Waals surface area contributed by atoms with E-state index in [1.54, 1.807) is 11.3 Å². The average Bonchev–Trinajstić information content (AvgIpc) is 2.97. The van der Waals surface area contributed by atoms with Crippen molar-refractivity contribution in [1.82, 2.24) is 9.38 Å². The van der Waals surface area contributed by atoms with Crippen LogP contribution in [0.4, 0.5) is 0 Å². The quantitative estimate of drug-likeness (QED) is 0.794. The lowest BCUT2D eigenvalue weighted by atomic mass is 10.2. The van der Waals surface area contributed by atoms with Gasteiger partial charge in [0.25, 0.3) is 0 Å². The van der Waals surface area contributed by atoms with Gasteiger partial charge in [0.15, 0.2) is 4.96 Å². The molecule has 1 aromatic carbocycles. The normalized spacial score (nSPS) is 11.1. The molecule has 2 heterocycles. The molecule has 0 saturated heterocycles. The molecule has 0 bridgehead atoms. The minimum atomic E-state index is -0.0486. The minimum absolute atomic E-state index is 0.0486. The standard InChI is InChI=1S/C13H11BrN2O2S/c14-11-3-1-2-9(7-17)12(11)18-8-10-6-16-4-5-19-13(16)15-10/h1-6,17H,7-8H2. The molecule has 3 rings (SSSR count). The van der Waals surface area contributed by atoms with Crippen LogP contribution in [0, 0.1) is 0 Å². The second kappa shape index (κ2) is 5.32. The highest BCUT2D eigenvalue weighted by molar-refractivity contribution is 9.10. The van der Waals surface area contributed by atoms with Gasteiger partial charge in [-0.1, -0.05) is 12.1 Å².